The molecule has 0 aromatic rings. The van der Waals surface area contributed by atoms with Crippen molar-refractivity contribution in [1.82, 2.24) is 0 Å². The highest BCUT2D eigenvalue weighted by Gasteiger charge is 2.27. The van der Waals surface area contributed by atoms with Gasteiger partial charge in [0, 0.05) is 12.6 Å². The monoisotopic (exact) mass is 201 g/mol. The van der Waals surface area contributed by atoms with E-state index in [0.29, 0.717) is 12.8 Å². The maximum Gasteiger partial charge on any atom is 0.411 e. The molecule has 80 valence electrons. The molecule has 1 atom stereocenters. The quantitative estimate of drug-likeness (QED) is 0.621. The van der Waals surface area contributed by atoms with Crippen LogP contribution in [0, 0.1) is 0 Å². The fourth-order valence-electron chi connectivity index (χ4n) is 0.727. The van der Waals surface area contributed by atoms with E-state index in [0.717, 1.165) is 0 Å². The van der Waals surface area contributed by atoms with Gasteiger partial charge in [-0.05, 0) is 12.8 Å². The number of ether oxygens (including phenoxy) is 1. The number of nitrogens with two attached hydrogens (primary N) is 1. The molecule has 0 aromatic heterocycles. The van der Waals surface area contributed by atoms with Gasteiger partial charge < -0.3 is 15.6 Å². The Hall–Kier alpha value is -0.330. The summed E-state index contributed by atoms with van der Waals surface area (Å²) in [7, 11) is 0. The second kappa shape index (κ2) is 6.17. The first kappa shape index (κ1) is 12.7. The number of halogens is 3. The van der Waals surface area contributed by atoms with Crippen LogP contribution in [0.1, 0.15) is 12.8 Å². The molecule has 0 radical (unpaired) electrons. The molecule has 0 aromatic carbocycles. The molecule has 0 aliphatic rings. The summed E-state index contributed by atoms with van der Waals surface area (Å²) in [6.45, 7) is -1.35. The van der Waals surface area contributed by atoms with Gasteiger partial charge in [-0.3, -0.25) is 0 Å². The molecule has 0 aliphatic carbocycles. The number of rotatable bonds is 6. The minimum atomic E-state index is -4.26. The smallest absolute Gasteiger partial charge is 0.395 e. The minimum Gasteiger partial charge on any atom is -0.395 e. The Kier molecular flexibility index (Phi) is 6.02. The average Bonchev–Trinajstić information content (AvgIpc) is 2.01. The van der Waals surface area contributed by atoms with Crippen molar-refractivity contribution in [3.63, 3.8) is 0 Å². The Morgan fingerprint density at radius 2 is 2.00 bits per heavy atom. The van der Waals surface area contributed by atoms with Crippen LogP contribution >= 0.6 is 0 Å². The van der Waals surface area contributed by atoms with E-state index in [4.69, 9.17) is 10.8 Å². The summed E-state index contributed by atoms with van der Waals surface area (Å²) in [4.78, 5) is 0. The van der Waals surface area contributed by atoms with Crippen molar-refractivity contribution >= 4 is 0 Å². The van der Waals surface area contributed by atoms with Crippen molar-refractivity contribution in [3.05, 3.63) is 0 Å². The molecule has 3 N–H and O–H groups in total. The topological polar surface area (TPSA) is 55.5 Å². The Morgan fingerprint density at radius 1 is 1.38 bits per heavy atom. The standard InChI is InChI=1S/C7H14F3NO2/c8-7(9,10)5-13-3-1-2-6(11)4-12/h6,12H,1-5,11H2. The zero-order chi connectivity index (χ0) is 10.3. The minimum absolute atomic E-state index is 0.0210. The molecular formula is C7H14F3NO2. The van der Waals surface area contributed by atoms with Crippen LogP contribution in [0.25, 0.3) is 0 Å². The zero-order valence-corrected chi connectivity index (χ0v) is 7.18. The molecule has 0 aliphatic heterocycles. The normalized spacial score (nSPS) is 14.5. The van der Waals surface area contributed by atoms with Gasteiger partial charge in [0.05, 0.1) is 6.61 Å². The molecule has 0 bridgehead atoms. The average molecular weight is 201 g/mol. The molecule has 3 nitrogen and oxygen atoms in total. The summed E-state index contributed by atoms with van der Waals surface area (Å²) >= 11 is 0. The van der Waals surface area contributed by atoms with E-state index in [2.05, 4.69) is 4.74 Å². The maximum atomic E-state index is 11.5. The molecule has 6 heteroatoms. The summed E-state index contributed by atoms with van der Waals surface area (Å²) in [5.41, 5.74) is 5.31. The van der Waals surface area contributed by atoms with E-state index in [1.54, 1.807) is 0 Å². The number of hydrogen-bond acceptors (Lipinski definition) is 3. The Morgan fingerprint density at radius 3 is 2.46 bits per heavy atom. The van der Waals surface area contributed by atoms with Crippen molar-refractivity contribution in [2.24, 2.45) is 5.73 Å². The lowest BCUT2D eigenvalue weighted by molar-refractivity contribution is -0.174. The molecule has 0 heterocycles. The maximum absolute atomic E-state index is 11.5. The van der Waals surface area contributed by atoms with E-state index in [-0.39, 0.29) is 19.3 Å². The van der Waals surface area contributed by atoms with Gasteiger partial charge in [-0.15, -0.1) is 0 Å². The third-order valence-electron chi connectivity index (χ3n) is 1.36. The van der Waals surface area contributed by atoms with Gasteiger partial charge >= 0.3 is 6.18 Å². The largest absolute Gasteiger partial charge is 0.411 e. The Bertz CT molecular complexity index is 129. The van der Waals surface area contributed by atoms with Crippen LogP contribution in [0.15, 0.2) is 0 Å². The van der Waals surface area contributed by atoms with Crippen molar-refractivity contribution in [1.29, 1.82) is 0 Å². The van der Waals surface area contributed by atoms with Gasteiger partial charge in [-0.25, -0.2) is 0 Å². The Balaban J connectivity index is 3.18. The van der Waals surface area contributed by atoms with Gasteiger partial charge in [0.15, 0.2) is 0 Å². The van der Waals surface area contributed by atoms with Gasteiger partial charge in [0.1, 0.15) is 6.61 Å². The van der Waals surface area contributed by atoms with Gasteiger partial charge in [-0.1, -0.05) is 0 Å². The predicted octanol–water partition coefficient (Wildman–Crippen LogP) is 0.665. The molecular weight excluding hydrogens is 187 g/mol. The number of hydrogen-bond donors (Lipinski definition) is 2. The van der Waals surface area contributed by atoms with Gasteiger partial charge in [0.2, 0.25) is 0 Å². The first-order chi connectivity index (χ1) is 5.95. The summed E-state index contributed by atoms with van der Waals surface area (Å²) in [6, 6.07) is -0.366. The van der Waals surface area contributed by atoms with Gasteiger partial charge in [0.25, 0.3) is 0 Å². The number of alkyl halides is 3. The van der Waals surface area contributed by atoms with Crippen LogP contribution in [-0.2, 0) is 4.74 Å². The fourth-order valence-corrected chi connectivity index (χ4v) is 0.727. The summed E-state index contributed by atoms with van der Waals surface area (Å²) in [5.74, 6) is 0. The highest BCUT2D eigenvalue weighted by molar-refractivity contribution is 4.57. The molecule has 0 spiro atoms. The van der Waals surface area contributed by atoms with Crippen molar-refractivity contribution in [3.8, 4) is 0 Å². The molecule has 0 saturated carbocycles. The van der Waals surface area contributed by atoms with E-state index in [1.807, 2.05) is 0 Å². The summed E-state index contributed by atoms with van der Waals surface area (Å²) < 4.78 is 38.9. The van der Waals surface area contributed by atoms with Crippen LogP contribution in [0.5, 0.6) is 0 Å². The van der Waals surface area contributed by atoms with Crippen LogP contribution in [0.2, 0.25) is 0 Å². The molecule has 0 rings (SSSR count). The van der Waals surface area contributed by atoms with E-state index in [1.165, 1.54) is 0 Å². The molecule has 1 unspecified atom stereocenters. The van der Waals surface area contributed by atoms with Crippen molar-refractivity contribution < 1.29 is 23.0 Å². The first-order valence-electron chi connectivity index (χ1n) is 3.96. The SMILES string of the molecule is NC(CO)CCCOCC(F)(F)F. The number of aliphatic hydroxyl groups is 1. The highest BCUT2D eigenvalue weighted by atomic mass is 19.4. The van der Waals surface area contributed by atoms with E-state index < -0.39 is 12.8 Å². The first-order valence-corrected chi connectivity index (χ1v) is 3.96. The second-order valence-electron chi connectivity index (χ2n) is 2.75. The lowest BCUT2D eigenvalue weighted by Crippen LogP contribution is -2.25. The second-order valence-corrected chi connectivity index (χ2v) is 2.75. The van der Waals surface area contributed by atoms with Crippen LogP contribution in [0.4, 0.5) is 13.2 Å². The summed E-state index contributed by atoms with van der Waals surface area (Å²) in [6.07, 6.45) is -3.37. The van der Waals surface area contributed by atoms with E-state index >= 15 is 0 Å². The van der Waals surface area contributed by atoms with E-state index in [9.17, 15) is 13.2 Å². The van der Waals surface area contributed by atoms with Crippen molar-refractivity contribution in [2.75, 3.05) is 19.8 Å². The molecule has 13 heavy (non-hydrogen) atoms. The molecule has 0 saturated heterocycles. The summed E-state index contributed by atoms with van der Waals surface area (Å²) in [5, 5.41) is 8.47. The molecule has 0 fully saturated rings. The van der Waals surface area contributed by atoms with Crippen molar-refractivity contribution in [2.45, 2.75) is 25.1 Å². The third-order valence-corrected chi connectivity index (χ3v) is 1.36. The zero-order valence-electron chi connectivity index (χ0n) is 7.18. The van der Waals surface area contributed by atoms with Crippen LogP contribution in [0.3, 0.4) is 0 Å². The van der Waals surface area contributed by atoms with Crippen LogP contribution in [-0.4, -0.2) is 37.1 Å². The lowest BCUT2D eigenvalue weighted by Gasteiger charge is -2.09. The third kappa shape index (κ3) is 9.59. The highest BCUT2D eigenvalue weighted by Crippen LogP contribution is 2.14. The van der Waals surface area contributed by atoms with Gasteiger partial charge in [-0.2, -0.15) is 13.2 Å². The lowest BCUT2D eigenvalue weighted by atomic mass is 10.2. The predicted molar refractivity (Wildman–Crippen MR) is 41.2 cm³/mol. The number of aliphatic hydroxyl groups excluding tert-OH is 1. The molecule has 0 amide bonds. The Labute approximate surface area is 74.7 Å². The van der Waals surface area contributed by atoms with Crippen LogP contribution < -0.4 is 5.73 Å². The fraction of sp³-hybridized carbons (Fsp3) is 1.00.